The molecule has 1 aliphatic heterocycles. The van der Waals surface area contributed by atoms with E-state index in [2.05, 4.69) is 5.32 Å². The number of hydrogen-bond acceptors (Lipinski definition) is 3. The van der Waals surface area contributed by atoms with Crippen LogP contribution in [0.15, 0.2) is 0 Å². The maximum absolute atomic E-state index is 10.7. The van der Waals surface area contributed by atoms with Gasteiger partial charge in [-0.25, -0.2) is 0 Å². The Morgan fingerprint density at radius 2 is 2.14 bits per heavy atom. The number of carboxylic acid groups (broad SMARTS) is 1. The molecule has 0 unspecified atom stereocenters. The first-order chi connectivity index (χ1) is 6.39. The second kappa shape index (κ2) is 3.87. The third-order valence-corrected chi connectivity index (χ3v) is 2.71. The Bertz CT molecular complexity index is 221. The minimum absolute atomic E-state index is 0.0867. The number of nitrogens with one attached hydrogen (secondary N) is 1. The molecular weight excluding hydrogens is 182 g/mol. The smallest absolute Gasteiger partial charge is 0.306 e. The second-order valence-corrected chi connectivity index (χ2v) is 4.57. The van der Waals surface area contributed by atoms with E-state index in [1.54, 1.807) is 0 Å². The number of carboxylic acids is 1. The molecular formula is C10H19NO3. The Balaban J connectivity index is 2.57. The first kappa shape index (κ1) is 11.5. The van der Waals surface area contributed by atoms with Crippen molar-refractivity contribution in [3.05, 3.63) is 0 Å². The van der Waals surface area contributed by atoms with Crippen molar-refractivity contribution in [2.75, 3.05) is 13.1 Å². The molecule has 0 atom stereocenters. The van der Waals surface area contributed by atoms with Crippen LogP contribution in [0.1, 0.15) is 33.6 Å². The minimum atomic E-state index is -0.793. The summed E-state index contributed by atoms with van der Waals surface area (Å²) in [5.74, 6) is -0.793. The van der Waals surface area contributed by atoms with Crippen molar-refractivity contribution in [1.29, 1.82) is 0 Å². The Morgan fingerprint density at radius 1 is 1.57 bits per heavy atom. The van der Waals surface area contributed by atoms with E-state index in [4.69, 9.17) is 9.84 Å². The van der Waals surface area contributed by atoms with Crippen molar-refractivity contribution in [3.8, 4) is 0 Å². The average molecular weight is 201 g/mol. The van der Waals surface area contributed by atoms with Crippen molar-refractivity contribution in [1.82, 2.24) is 5.32 Å². The molecule has 82 valence electrons. The maximum Gasteiger partial charge on any atom is 0.306 e. The van der Waals surface area contributed by atoms with E-state index in [-0.39, 0.29) is 12.0 Å². The lowest BCUT2D eigenvalue weighted by molar-refractivity contribution is -0.179. The van der Waals surface area contributed by atoms with Gasteiger partial charge in [0.05, 0.1) is 12.0 Å². The van der Waals surface area contributed by atoms with Gasteiger partial charge in [0, 0.05) is 13.1 Å². The molecule has 0 spiro atoms. The van der Waals surface area contributed by atoms with E-state index in [1.807, 2.05) is 20.8 Å². The SMILES string of the molecule is CCC(C)(C)OC1(CC(=O)O)CNC1. The van der Waals surface area contributed by atoms with Crippen LogP contribution in [0.4, 0.5) is 0 Å². The fourth-order valence-corrected chi connectivity index (χ4v) is 1.57. The first-order valence-electron chi connectivity index (χ1n) is 5.02. The summed E-state index contributed by atoms with van der Waals surface area (Å²) in [6.07, 6.45) is 0.970. The third-order valence-electron chi connectivity index (χ3n) is 2.71. The molecule has 1 heterocycles. The molecule has 1 fully saturated rings. The highest BCUT2D eigenvalue weighted by Gasteiger charge is 2.43. The molecule has 1 rings (SSSR count). The van der Waals surface area contributed by atoms with Crippen molar-refractivity contribution >= 4 is 5.97 Å². The molecule has 4 nitrogen and oxygen atoms in total. The van der Waals surface area contributed by atoms with Crippen LogP contribution in [0.5, 0.6) is 0 Å². The fourth-order valence-electron chi connectivity index (χ4n) is 1.57. The van der Waals surface area contributed by atoms with Gasteiger partial charge in [-0.15, -0.1) is 0 Å². The summed E-state index contributed by atoms with van der Waals surface area (Å²) in [6, 6.07) is 0. The molecule has 0 saturated carbocycles. The van der Waals surface area contributed by atoms with Gasteiger partial charge in [0.25, 0.3) is 0 Å². The van der Waals surface area contributed by atoms with E-state index < -0.39 is 11.6 Å². The van der Waals surface area contributed by atoms with E-state index in [9.17, 15) is 4.79 Å². The molecule has 0 aromatic rings. The van der Waals surface area contributed by atoms with Gasteiger partial charge in [-0.2, -0.15) is 0 Å². The van der Waals surface area contributed by atoms with E-state index in [0.29, 0.717) is 13.1 Å². The molecule has 0 aromatic heterocycles. The molecule has 1 saturated heterocycles. The van der Waals surface area contributed by atoms with Crippen LogP contribution in [-0.4, -0.2) is 35.4 Å². The molecule has 0 radical (unpaired) electrons. The Hall–Kier alpha value is -0.610. The molecule has 1 aliphatic rings. The molecule has 0 bridgehead atoms. The predicted octanol–water partition coefficient (Wildman–Crippen LogP) is 1.01. The highest BCUT2D eigenvalue weighted by molar-refractivity contribution is 5.68. The summed E-state index contributed by atoms with van der Waals surface area (Å²) in [6.45, 7) is 7.32. The number of rotatable bonds is 5. The van der Waals surface area contributed by atoms with Gasteiger partial charge >= 0.3 is 5.97 Å². The Morgan fingerprint density at radius 3 is 2.43 bits per heavy atom. The maximum atomic E-state index is 10.7. The molecule has 2 N–H and O–H groups in total. The van der Waals surface area contributed by atoms with Crippen LogP contribution >= 0.6 is 0 Å². The van der Waals surface area contributed by atoms with Crippen molar-refractivity contribution in [3.63, 3.8) is 0 Å². The normalized spacial score (nSPS) is 20.2. The van der Waals surface area contributed by atoms with E-state index in [1.165, 1.54) is 0 Å². The van der Waals surface area contributed by atoms with Crippen molar-refractivity contribution in [2.24, 2.45) is 0 Å². The van der Waals surface area contributed by atoms with E-state index in [0.717, 1.165) is 6.42 Å². The summed E-state index contributed by atoms with van der Waals surface area (Å²) in [7, 11) is 0. The first-order valence-corrected chi connectivity index (χ1v) is 5.02. The van der Waals surface area contributed by atoms with Crippen LogP contribution in [0.3, 0.4) is 0 Å². The topological polar surface area (TPSA) is 58.6 Å². The number of ether oxygens (including phenoxy) is 1. The Kier molecular flexibility index (Phi) is 3.17. The lowest BCUT2D eigenvalue weighted by atomic mass is 9.91. The minimum Gasteiger partial charge on any atom is -0.481 e. The van der Waals surface area contributed by atoms with Gasteiger partial charge in [-0.1, -0.05) is 6.92 Å². The van der Waals surface area contributed by atoms with Crippen LogP contribution in [0.2, 0.25) is 0 Å². The number of carbonyl (C=O) groups is 1. The summed E-state index contributed by atoms with van der Waals surface area (Å²) >= 11 is 0. The lowest BCUT2D eigenvalue weighted by Gasteiger charge is -2.46. The third kappa shape index (κ3) is 2.69. The van der Waals surface area contributed by atoms with Crippen LogP contribution in [-0.2, 0) is 9.53 Å². The number of aliphatic carboxylic acids is 1. The largest absolute Gasteiger partial charge is 0.481 e. The lowest BCUT2D eigenvalue weighted by Crippen LogP contribution is -2.64. The van der Waals surface area contributed by atoms with Gasteiger partial charge in [-0.3, -0.25) is 4.79 Å². The fraction of sp³-hybridized carbons (Fsp3) is 0.900. The van der Waals surface area contributed by atoms with Crippen LogP contribution < -0.4 is 5.32 Å². The van der Waals surface area contributed by atoms with Gasteiger partial charge in [-0.05, 0) is 20.3 Å². The standard InChI is InChI=1S/C10H19NO3/c1-4-9(2,3)14-10(5-8(12)13)6-11-7-10/h11H,4-7H2,1-3H3,(H,12,13). The highest BCUT2D eigenvalue weighted by atomic mass is 16.5. The zero-order valence-electron chi connectivity index (χ0n) is 9.09. The summed E-state index contributed by atoms with van der Waals surface area (Å²) < 4.78 is 5.88. The van der Waals surface area contributed by atoms with Gasteiger partial charge < -0.3 is 15.2 Å². The number of hydrogen-bond donors (Lipinski definition) is 2. The zero-order valence-corrected chi connectivity index (χ0v) is 9.09. The molecule has 0 aliphatic carbocycles. The van der Waals surface area contributed by atoms with Gasteiger partial charge in [0.2, 0.25) is 0 Å². The second-order valence-electron chi connectivity index (χ2n) is 4.57. The quantitative estimate of drug-likeness (QED) is 0.697. The molecule has 4 heteroatoms. The van der Waals surface area contributed by atoms with Crippen molar-refractivity contribution < 1.29 is 14.6 Å². The summed E-state index contributed by atoms with van der Waals surface area (Å²) in [4.78, 5) is 10.7. The average Bonchev–Trinajstić information content (AvgIpc) is 1.99. The van der Waals surface area contributed by atoms with Gasteiger partial charge in [0.1, 0.15) is 5.60 Å². The summed E-state index contributed by atoms with van der Waals surface area (Å²) in [5, 5.41) is 11.8. The molecule has 14 heavy (non-hydrogen) atoms. The van der Waals surface area contributed by atoms with Crippen molar-refractivity contribution in [2.45, 2.75) is 44.8 Å². The molecule has 0 amide bonds. The van der Waals surface area contributed by atoms with Gasteiger partial charge in [0.15, 0.2) is 0 Å². The predicted molar refractivity (Wildman–Crippen MR) is 53.3 cm³/mol. The summed E-state index contributed by atoms with van der Waals surface area (Å²) in [5.41, 5.74) is -0.719. The molecule has 0 aromatic carbocycles. The monoisotopic (exact) mass is 201 g/mol. The zero-order chi connectivity index (χ0) is 10.8. The van der Waals surface area contributed by atoms with Crippen LogP contribution in [0.25, 0.3) is 0 Å². The van der Waals surface area contributed by atoms with E-state index >= 15 is 0 Å². The highest BCUT2D eigenvalue weighted by Crippen LogP contribution is 2.29. The Labute approximate surface area is 84.6 Å². The van der Waals surface area contributed by atoms with Crippen LogP contribution in [0, 0.1) is 0 Å².